The quantitative estimate of drug-likeness (QED) is 0.272. The molecule has 0 radical (unpaired) electrons. The van der Waals surface area contributed by atoms with Crippen molar-refractivity contribution in [2.24, 2.45) is 5.92 Å². The molecular formula is C21H32O3Si. The largest absolute Gasteiger partial charge is 0.549 e. The van der Waals surface area contributed by atoms with Gasteiger partial charge in [0.1, 0.15) is 0 Å². The van der Waals surface area contributed by atoms with Crippen LogP contribution in [-0.4, -0.2) is 21.4 Å². The van der Waals surface area contributed by atoms with Crippen molar-refractivity contribution in [3.63, 3.8) is 0 Å². The Kier molecular flexibility index (Phi) is 7.68. The topological polar surface area (TPSA) is 35.5 Å². The van der Waals surface area contributed by atoms with Gasteiger partial charge in [-0.2, -0.15) is 0 Å². The lowest BCUT2D eigenvalue weighted by molar-refractivity contribution is -0.134. The summed E-state index contributed by atoms with van der Waals surface area (Å²) in [6.07, 6.45) is 7.34. The Balaban J connectivity index is 2.93. The maximum Gasteiger partial charge on any atom is 0.330 e. The summed E-state index contributed by atoms with van der Waals surface area (Å²) >= 11 is 0. The van der Waals surface area contributed by atoms with E-state index in [4.69, 9.17) is 9.16 Å². The van der Waals surface area contributed by atoms with Crippen molar-refractivity contribution in [2.75, 3.05) is 7.11 Å². The van der Waals surface area contributed by atoms with E-state index in [0.29, 0.717) is 0 Å². The van der Waals surface area contributed by atoms with Gasteiger partial charge in [0, 0.05) is 12.0 Å². The number of allylic oxidation sites excluding steroid dienone is 2. The Hall–Kier alpha value is -1.81. The van der Waals surface area contributed by atoms with Crippen LogP contribution in [0.3, 0.4) is 0 Å². The molecule has 4 heteroatoms. The van der Waals surface area contributed by atoms with E-state index < -0.39 is 8.32 Å². The molecule has 1 rings (SSSR count). The molecule has 0 amide bonds. The molecule has 0 aliphatic heterocycles. The summed E-state index contributed by atoms with van der Waals surface area (Å²) < 4.78 is 10.9. The normalized spacial score (nSPS) is 15.3. The summed E-state index contributed by atoms with van der Waals surface area (Å²) in [4.78, 5) is 11.5. The van der Waals surface area contributed by atoms with Crippen LogP contribution in [0, 0.1) is 5.92 Å². The lowest BCUT2D eigenvalue weighted by Crippen LogP contribution is -2.39. The highest BCUT2D eigenvalue weighted by molar-refractivity contribution is 6.74. The van der Waals surface area contributed by atoms with Crippen molar-refractivity contribution in [3.05, 3.63) is 60.4 Å². The van der Waals surface area contributed by atoms with Gasteiger partial charge in [-0.1, -0.05) is 64.1 Å². The van der Waals surface area contributed by atoms with E-state index in [2.05, 4.69) is 59.0 Å². The second-order valence-electron chi connectivity index (χ2n) is 7.88. The van der Waals surface area contributed by atoms with Crippen molar-refractivity contribution in [1.82, 2.24) is 0 Å². The maximum atomic E-state index is 11.5. The van der Waals surface area contributed by atoms with Crippen LogP contribution in [0.4, 0.5) is 0 Å². The van der Waals surface area contributed by atoms with Crippen LogP contribution in [0.5, 0.6) is 0 Å². The molecular weight excluding hydrogens is 328 g/mol. The molecule has 25 heavy (non-hydrogen) atoms. The summed E-state index contributed by atoms with van der Waals surface area (Å²) in [5.74, 6) is -0.0673. The Morgan fingerprint density at radius 1 is 1.12 bits per heavy atom. The van der Waals surface area contributed by atoms with E-state index in [1.165, 1.54) is 13.2 Å². The first-order valence-corrected chi connectivity index (χ1v) is 11.6. The minimum absolute atomic E-state index is 0.0829. The smallest absolute Gasteiger partial charge is 0.330 e. The minimum Gasteiger partial charge on any atom is -0.549 e. The Morgan fingerprint density at radius 3 is 2.24 bits per heavy atom. The maximum absolute atomic E-state index is 11.5. The van der Waals surface area contributed by atoms with Crippen LogP contribution in [0.25, 0.3) is 0 Å². The summed E-state index contributed by atoms with van der Waals surface area (Å²) in [6, 6.07) is 10.2. The molecule has 0 aromatic heterocycles. The van der Waals surface area contributed by atoms with Gasteiger partial charge in [-0.3, -0.25) is 0 Å². The van der Waals surface area contributed by atoms with Gasteiger partial charge in [0.2, 0.25) is 8.32 Å². The fraction of sp³-hybridized carbons (Fsp3) is 0.476. The lowest BCUT2D eigenvalue weighted by Gasteiger charge is -2.35. The first-order chi connectivity index (χ1) is 11.6. The summed E-state index contributed by atoms with van der Waals surface area (Å²) in [7, 11) is -0.417. The van der Waals surface area contributed by atoms with Gasteiger partial charge < -0.3 is 9.16 Å². The number of benzene rings is 1. The third kappa shape index (κ3) is 6.54. The first-order valence-electron chi connectivity index (χ1n) is 8.74. The van der Waals surface area contributed by atoms with Crippen LogP contribution >= 0.6 is 0 Å². The molecule has 3 nitrogen and oxygen atoms in total. The Labute approximate surface area is 153 Å². The number of esters is 1. The van der Waals surface area contributed by atoms with Crippen molar-refractivity contribution in [2.45, 2.75) is 51.7 Å². The second-order valence-corrected chi connectivity index (χ2v) is 12.6. The van der Waals surface area contributed by atoms with Crippen molar-refractivity contribution < 1.29 is 14.0 Å². The minimum atomic E-state index is -1.81. The zero-order valence-electron chi connectivity index (χ0n) is 16.6. The first kappa shape index (κ1) is 21.2. The number of rotatable bonds is 7. The van der Waals surface area contributed by atoms with Crippen LogP contribution in [-0.2, 0) is 14.0 Å². The van der Waals surface area contributed by atoms with Gasteiger partial charge in [-0.25, -0.2) is 4.79 Å². The lowest BCUT2D eigenvalue weighted by atomic mass is 9.87. The highest BCUT2D eigenvalue weighted by Gasteiger charge is 2.37. The molecule has 0 fully saturated rings. The van der Waals surface area contributed by atoms with Gasteiger partial charge in [0.15, 0.2) is 0 Å². The van der Waals surface area contributed by atoms with Crippen molar-refractivity contribution >= 4 is 14.3 Å². The number of ether oxygens (including phenoxy) is 1. The molecule has 0 spiro atoms. The third-order valence-electron chi connectivity index (χ3n) is 4.94. The van der Waals surface area contributed by atoms with Crippen LogP contribution < -0.4 is 0 Å². The van der Waals surface area contributed by atoms with E-state index >= 15 is 0 Å². The summed E-state index contributed by atoms with van der Waals surface area (Å²) in [5.41, 5.74) is 1.16. The fourth-order valence-electron chi connectivity index (χ4n) is 2.15. The number of hydrogen-bond acceptors (Lipinski definition) is 3. The average Bonchev–Trinajstić information content (AvgIpc) is 2.54. The van der Waals surface area contributed by atoms with Crippen molar-refractivity contribution in [1.29, 1.82) is 0 Å². The van der Waals surface area contributed by atoms with E-state index in [0.717, 1.165) is 5.56 Å². The molecule has 0 bridgehead atoms. The van der Waals surface area contributed by atoms with Crippen molar-refractivity contribution in [3.8, 4) is 0 Å². The Morgan fingerprint density at radius 2 is 1.72 bits per heavy atom. The molecule has 0 aliphatic carbocycles. The molecule has 138 valence electrons. The summed E-state index contributed by atoms with van der Waals surface area (Å²) in [5, 5.41) is 0.171. The van der Waals surface area contributed by atoms with Gasteiger partial charge in [0.25, 0.3) is 0 Å². The zero-order valence-corrected chi connectivity index (χ0v) is 17.6. The molecule has 0 aliphatic rings. The standard InChI is InChI=1S/C21H32O3Si/c1-17(15-16-24-25(6,7)21(2,3)4)19(13-14-20(22)23-5)18-11-9-8-10-12-18/h8-17,19H,1-7H3/b14-13+,16-15-/t17-,19-/m1/s1. The van der Waals surface area contributed by atoms with Crippen LogP contribution in [0.1, 0.15) is 39.2 Å². The highest BCUT2D eigenvalue weighted by Crippen LogP contribution is 2.37. The molecule has 2 atom stereocenters. The van der Waals surface area contributed by atoms with Gasteiger partial charge in [0.05, 0.1) is 13.4 Å². The van der Waals surface area contributed by atoms with E-state index in [1.807, 2.05) is 30.5 Å². The molecule has 0 saturated heterocycles. The van der Waals surface area contributed by atoms with Crippen LogP contribution in [0.15, 0.2) is 54.8 Å². The SMILES string of the molecule is COC(=O)/C=C/[C@@H](c1ccccc1)[C@H](C)/C=C\O[Si](C)(C)C(C)(C)C. The van der Waals surface area contributed by atoms with E-state index in [9.17, 15) is 4.79 Å². The number of carbonyl (C=O) groups excluding carboxylic acids is 1. The number of methoxy groups -OCH3 is 1. The predicted molar refractivity (Wildman–Crippen MR) is 107 cm³/mol. The van der Waals surface area contributed by atoms with E-state index in [1.54, 1.807) is 0 Å². The fourth-order valence-corrected chi connectivity index (χ4v) is 2.92. The highest BCUT2D eigenvalue weighted by atomic mass is 28.4. The number of hydrogen-bond donors (Lipinski definition) is 0. The Bertz CT molecular complexity index is 597. The molecule has 0 heterocycles. The van der Waals surface area contributed by atoms with Gasteiger partial charge in [-0.15, -0.1) is 0 Å². The molecule has 0 unspecified atom stereocenters. The second kappa shape index (κ2) is 9.04. The third-order valence-corrected chi connectivity index (χ3v) is 9.28. The van der Waals surface area contributed by atoms with E-state index in [-0.39, 0.29) is 22.8 Å². The van der Waals surface area contributed by atoms with Crippen LogP contribution in [0.2, 0.25) is 18.1 Å². The molecule has 1 aromatic rings. The average molecular weight is 361 g/mol. The monoisotopic (exact) mass is 360 g/mol. The molecule has 0 saturated carbocycles. The zero-order chi connectivity index (χ0) is 19.1. The molecule has 0 N–H and O–H groups in total. The van der Waals surface area contributed by atoms with Gasteiger partial charge >= 0.3 is 5.97 Å². The predicted octanol–water partition coefficient (Wildman–Crippen LogP) is 5.67. The number of carbonyl (C=O) groups is 1. The summed E-state index contributed by atoms with van der Waals surface area (Å²) in [6.45, 7) is 13.3. The molecule has 1 aromatic carbocycles. The van der Waals surface area contributed by atoms with Gasteiger partial charge in [-0.05, 0) is 35.7 Å².